The maximum atomic E-state index is 6.54. The second-order valence-corrected chi connectivity index (χ2v) is 13.0. The standard InChI is InChI=1S/C47H30ClN3/c48-47-50-45(41-16-7-15-37(29-41)36-14-6-13-35(27-36)33-21-19-32(20-22-33)31-9-2-1-3-10-31)49-46(51-47)42-26-24-38-28-40(25-23-39(38)30-42)44-18-8-12-34-11-4-5-17-43(34)44/h1-30H. The van der Waals surface area contributed by atoms with Crippen LogP contribution in [0, 0.1) is 0 Å². The van der Waals surface area contributed by atoms with Gasteiger partial charge in [-0.25, -0.2) is 4.98 Å². The summed E-state index contributed by atoms with van der Waals surface area (Å²) >= 11 is 6.54. The number of rotatable bonds is 6. The summed E-state index contributed by atoms with van der Waals surface area (Å²) in [5.41, 5.74) is 11.1. The molecule has 0 saturated carbocycles. The van der Waals surface area contributed by atoms with E-state index in [0.717, 1.165) is 38.6 Å². The monoisotopic (exact) mass is 671 g/mol. The molecule has 0 radical (unpaired) electrons. The van der Waals surface area contributed by atoms with E-state index in [0.29, 0.717) is 11.6 Å². The summed E-state index contributed by atoms with van der Waals surface area (Å²) in [7, 11) is 0. The highest BCUT2D eigenvalue weighted by Crippen LogP contribution is 2.34. The first kappa shape index (κ1) is 30.6. The minimum atomic E-state index is 0.160. The molecule has 1 heterocycles. The van der Waals surface area contributed by atoms with Crippen molar-refractivity contribution in [3.8, 4) is 67.3 Å². The zero-order chi connectivity index (χ0) is 34.1. The quantitative estimate of drug-likeness (QED) is 0.177. The van der Waals surface area contributed by atoms with E-state index in [1.165, 1.54) is 38.6 Å². The summed E-state index contributed by atoms with van der Waals surface area (Å²) in [6, 6.07) is 63.9. The first-order valence-corrected chi connectivity index (χ1v) is 17.3. The number of hydrogen-bond donors (Lipinski definition) is 0. The highest BCUT2D eigenvalue weighted by molar-refractivity contribution is 6.28. The van der Waals surface area contributed by atoms with Crippen molar-refractivity contribution in [3.05, 3.63) is 187 Å². The van der Waals surface area contributed by atoms with E-state index in [9.17, 15) is 0 Å². The van der Waals surface area contributed by atoms with Crippen molar-refractivity contribution in [1.82, 2.24) is 15.0 Å². The Morgan fingerprint density at radius 2 is 0.745 bits per heavy atom. The molecule has 0 aliphatic rings. The van der Waals surface area contributed by atoms with E-state index in [2.05, 4.69) is 174 Å². The fourth-order valence-corrected chi connectivity index (χ4v) is 7.00. The average Bonchev–Trinajstić information content (AvgIpc) is 3.20. The highest BCUT2D eigenvalue weighted by atomic mass is 35.5. The van der Waals surface area contributed by atoms with Crippen molar-refractivity contribution in [2.24, 2.45) is 0 Å². The molecule has 1 aromatic heterocycles. The number of nitrogens with zero attached hydrogens (tertiary/aromatic N) is 3. The third-order valence-corrected chi connectivity index (χ3v) is 9.62. The van der Waals surface area contributed by atoms with Crippen molar-refractivity contribution >= 4 is 33.1 Å². The predicted molar refractivity (Wildman–Crippen MR) is 212 cm³/mol. The van der Waals surface area contributed by atoms with Gasteiger partial charge in [0.15, 0.2) is 11.6 Å². The van der Waals surface area contributed by atoms with Crippen LogP contribution in [0.3, 0.4) is 0 Å². The molecule has 3 nitrogen and oxygen atoms in total. The Morgan fingerprint density at radius 3 is 1.47 bits per heavy atom. The van der Waals surface area contributed by atoms with Gasteiger partial charge in [-0.15, -0.1) is 0 Å². The van der Waals surface area contributed by atoms with Gasteiger partial charge in [-0.05, 0) is 102 Å². The fraction of sp³-hybridized carbons (Fsp3) is 0. The van der Waals surface area contributed by atoms with Crippen molar-refractivity contribution in [3.63, 3.8) is 0 Å². The Labute approximate surface area is 301 Å². The molecule has 0 amide bonds. The molecular weight excluding hydrogens is 642 g/mol. The minimum absolute atomic E-state index is 0.160. The van der Waals surface area contributed by atoms with Gasteiger partial charge in [0.25, 0.3) is 0 Å². The Hall–Kier alpha value is -6.42. The van der Waals surface area contributed by atoms with Gasteiger partial charge < -0.3 is 0 Å². The van der Waals surface area contributed by atoms with Crippen LogP contribution in [0.25, 0.3) is 88.8 Å². The summed E-state index contributed by atoms with van der Waals surface area (Å²) in [6.45, 7) is 0. The lowest BCUT2D eigenvalue weighted by molar-refractivity contribution is 1.07. The summed E-state index contributed by atoms with van der Waals surface area (Å²) in [6.07, 6.45) is 0. The molecule has 0 unspecified atom stereocenters. The minimum Gasteiger partial charge on any atom is -0.208 e. The van der Waals surface area contributed by atoms with Crippen molar-refractivity contribution in [2.45, 2.75) is 0 Å². The van der Waals surface area contributed by atoms with Gasteiger partial charge >= 0.3 is 0 Å². The van der Waals surface area contributed by atoms with Crippen LogP contribution in [0.2, 0.25) is 5.28 Å². The molecule has 4 heteroatoms. The van der Waals surface area contributed by atoms with Gasteiger partial charge in [0.2, 0.25) is 5.28 Å². The Balaban J connectivity index is 1.01. The van der Waals surface area contributed by atoms with E-state index in [1.807, 2.05) is 18.2 Å². The van der Waals surface area contributed by atoms with Crippen LogP contribution in [0.15, 0.2) is 182 Å². The van der Waals surface area contributed by atoms with Crippen molar-refractivity contribution in [2.75, 3.05) is 0 Å². The number of hydrogen-bond acceptors (Lipinski definition) is 3. The molecule has 9 rings (SSSR count). The lowest BCUT2D eigenvalue weighted by Gasteiger charge is -2.10. The molecule has 0 fully saturated rings. The van der Waals surface area contributed by atoms with Crippen molar-refractivity contribution < 1.29 is 0 Å². The second-order valence-electron chi connectivity index (χ2n) is 12.7. The molecule has 0 spiro atoms. The fourth-order valence-electron chi connectivity index (χ4n) is 6.84. The maximum Gasteiger partial charge on any atom is 0.226 e. The third kappa shape index (κ3) is 6.16. The Morgan fingerprint density at radius 1 is 0.294 bits per heavy atom. The first-order chi connectivity index (χ1) is 25.1. The molecule has 0 bridgehead atoms. The van der Waals surface area contributed by atoms with Gasteiger partial charge in [0.1, 0.15) is 0 Å². The zero-order valence-electron chi connectivity index (χ0n) is 27.5. The SMILES string of the molecule is Clc1nc(-c2cccc(-c3cccc(-c4ccc(-c5ccccc5)cc4)c3)c2)nc(-c2ccc3cc(-c4cccc5ccccc45)ccc3c2)n1. The summed E-state index contributed by atoms with van der Waals surface area (Å²) in [4.78, 5) is 14.0. The largest absolute Gasteiger partial charge is 0.226 e. The van der Waals surface area contributed by atoms with Crippen LogP contribution in [-0.4, -0.2) is 15.0 Å². The molecule has 0 saturated heterocycles. The lowest BCUT2D eigenvalue weighted by atomic mass is 9.96. The van der Waals surface area contributed by atoms with Crippen LogP contribution in [0.1, 0.15) is 0 Å². The molecule has 8 aromatic carbocycles. The van der Waals surface area contributed by atoms with E-state index in [-0.39, 0.29) is 5.28 Å². The number of aromatic nitrogens is 3. The van der Waals surface area contributed by atoms with E-state index in [4.69, 9.17) is 16.6 Å². The topological polar surface area (TPSA) is 38.7 Å². The van der Waals surface area contributed by atoms with Gasteiger partial charge in [-0.3, -0.25) is 0 Å². The van der Waals surface area contributed by atoms with Crippen LogP contribution in [-0.2, 0) is 0 Å². The molecule has 0 N–H and O–H groups in total. The summed E-state index contributed by atoms with van der Waals surface area (Å²) in [5, 5.41) is 4.89. The lowest BCUT2D eigenvalue weighted by Crippen LogP contribution is -1.97. The smallest absolute Gasteiger partial charge is 0.208 e. The van der Waals surface area contributed by atoms with Gasteiger partial charge in [0.05, 0.1) is 0 Å². The van der Waals surface area contributed by atoms with Gasteiger partial charge in [-0.1, -0.05) is 158 Å². The zero-order valence-corrected chi connectivity index (χ0v) is 28.3. The number of benzene rings is 8. The molecule has 240 valence electrons. The summed E-state index contributed by atoms with van der Waals surface area (Å²) in [5.74, 6) is 1.07. The molecule has 9 aromatic rings. The van der Waals surface area contributed by atoms with Gasteiger partial charge in [-0.2, -0.15) is 9.97 Å². The van der Waals surface area contributed by atoms with Crippen LogP contribution in [0.5, 0.6) is 0 Å². The third-order valence-electron chi connectivity index (χ3n) is 9.45. The van der Waals surface area contributed by atoms with E-state index >= 15 is 0 Å². The van der Waals surface area contributed by atoms with E-state index < -0.39 is 0 Å². The second kappa shape index (κ2) is 13.1. The predicted octanol–water partition coefficient (Wildman–Crippen LogP) is 12.8. The maximum absolute atomic E-state index is 6.54. The molecule has 51 heavy (non-hydrogen) atoms. The average molecular weight is 672 g/mol. The van der Waals surface area contributed by atoms with Crippen LogP contribution in [0.4, 0.5) is 0 Å². The Bertz CT molecular complexity index is 2700. The molecule has 0 atom stereocenters. The number of halogens is 1. The van der Waals surface area contributed by atoms with Crippen LogP contribution < -0.4 is 0 Å². The van der Waals surface area contributed by atoms with Crippen molar-refractivity contribution in [1.29, 1.82) is 0 Å². The number of fused-ring (bicyclic) bond motifs is 2. The Kier molecular flexibility index (Phi) is 7.88. The highest BCUT2D eigenvalue weighted by Gasteiger charge is 2.13. The molecule has 0 aliphatic heterocycles. The first-order valence-electron chi connectivity index (χ1n) is 17.0. The molecule has 0 aliphatic carbocycles. The molecular formula is C47H30ClN3. The van der Waals surface area contributed by atoms with Gasteiger partial charge in [0, 0.05) is 11.1 Å². The van der Waals surface area contributed by atoms with E-state index in [1.54, 1.807) is 0 Å². The normalized spacial score (nSPS) is 11.2. The summed E-state index contributed by atoms with van der Waals surface area (Å²) < 4.78 is 0. The van der Waals surface area contributed by atoms with Crippen LogP contribution >= 0.6 is 11.6 Å².